The first kappa shape index (κ1) is 15.1. The van der Waals surface area contributed by atoms with Crippen LogP contribution in [-0.2, 0) is 9.59 Å². The lowest BCUT2D eigenvalue weighted by molar-refractivity contribution is -0.147. The van der Waals surface area contributed by atoms with Crippen molar-refractivity contribution in [2.45, 2.75) is 45.4 Å². The van der Waals surface area contributed by atoms with Crippen molar-refractivity contribution in [3.8, 4) is 0 Å². The van der Waals surface area contributed by atoms with Crippen LogP contribution in [0.25, 0.3) is 0 Å². The molecule has 2 aliphatic heterocycles. The normalized spacial score (nSPS) is 25.3. The molecule has 0 unspecified atom stereocenters. The van der Waals surface area contributed by atoms with Crippen molar-refractivity contribution in [3.63, 3.8) is 0 Å². The van der Waals surface area contributed by atoms with Gasteiger partial charge in [0.05, 0.1) is 5.41 Å². The second-order valence-electron chi connectivity index (χ2n) is 6.61. The number of piperidine rings is 2. The molecule has 0 aromatic rings. The molecule has 0 saturated carbocycles. The number of Topliss-reactive ketones (excluding diaryl/α,β-unsaturated/α-hetero) is 1. The van der Waals surface area contributed by atoms with Gasteiger partial charge in [-0.25, -0.2) is 4.79 Å². The number of carbonyl (C=O) groups excluding carboxylic acids is 2. The van der Waals surface area contributed by atoms with Crippen molar-refractivity contribution in [3.05, 3.63) is 11.3 Å². The third-order valence-electron chi connectivity index (χ3n) is 5.49. The van der Waals surface area contributed by atoms with Crippen molar-refractivity contribution in [2.75, 3.05) is 19.6 Å². The summed E-state index contributed by atoms with van der Waals surface area (Å²) < 4.78 is 0. The Hall–Kier alpha value is -1.85. The van der Waals surface area contributed by atoms with E-state index in [1.807, 2.05) is 11.8 Å². The topological polar surface area (TPSA) is 77.9 Å². The van der Waals surface area contributed by atoms with E-state index >= 15 is 0 Å². The van der Waals surface area contributed by atoms with Crippen LogP contribution < -0.4 is 0 Å². The average molecular weight is 306 g/mol. The summed E-state index contributed by atoms with van der Waals surface area (Å²) in [5, 5.41) is 9.07. The molecule has 1 spiro atoms. The van der Waals surface area contributed by atoms with Crippen molar-refractivity contribution < 1.29 is 19.5 Å². The molecule has 2 amide bonds. The molecular formula is C16H22N2O4. The summed E-state index contributed by atoms with van der Waals surface area (Å²) >= 11 is 0. The van der Waals surface area contributed by atoms with Gasteiger partial charge in [-0.2, -0.15) is 0 Å². The highest BCUT2D eigenvalue weighted by molar-refractivity contribution is 5.99. The van der Waals surface area contributed by atoms with Gasteiger partial charge in [0.25, 0.3) is 0 Å². The minimum Gasteiger partial charge on any atom is -0.465 e. The molecule has 3 aliphatic rings. The number of rotatable bonds is 1. The molecule has 2 heterocycles. The average Bonchev–Trinajstić information content (AvgIpc) is 2.83. The maximum atomic E-state index is 13.0. The van der Waals surface area contributed by atoms with Gasteiger partial charge in [0.2, 0.25) is 5.91 Å². The number of hydrogen-bond acceptors (Lipinski definition) is 3. The molecule has 22 heavy (non-hydrogen) atoms. The lowest BCUT2D eigenvalue weighted by Crippen LogP contribution is -2.53. The number of allylic oxidation sites excluding steroid dienone is 2. The van der Waals surface area contributed by atoms with Crippen molar-refractivity contribution >= 4 is 17.8 Å². The van der Waals surface area contributed by atoms with Crippen LogP contribution in [0.4, 0.5) is 4.79 Å². The minimum atomic E-state index is -0.907. The van der Waals surface area contributed by atoms with Crippen molar-refractivity contribution in [2.24, 2.45) is 5.41 Å². The number of carbonyl (C=O) groups is 3. The second-order valence-corrected chi connectivity index (χ2v) is 6.61. The van der Waals surface area contributed by atoms with Crippen molar-refractivity contribution in [1.29, 1.82) is 0 Å². The fraction of sp³-hybridized carbons (Fsp3) is 0.688. The first-order valence-electron chi connectivity index (χ1n) is 7.97. The highest BCUT2D eigenvalue weighted by Crippen LogP contribution is 2.43. The molecule has 2 fully saturated rings. The van der Waals surface area contributed by atoms with E-state index in [0.29, 0.717) is 45.3 Å². The van der Waals surface area contributed by atoms with Crippen LogP contribution in [0, 0.1) is 5.41 Å². The minimum absolute atomic E-state index is 0.104. The van der Waals surface area contributed by atoms with E-state index in [-0.39, 0.29) is 11.7 Å². The van der Waals surface area contributed by atoms with Gasteiger partial charge in [-0.3, -0.25) is 9.59 Å². The van der Waals surface area contributed by atoms with Gasteiger partial charge in [0.15, 0.2) is 5.78 Å². The summed E-state index contributed by atoms with van der Waals surface area (Å²) in [4.78, 5) is 39.0. The molecule has 0 aromatic carbocycles. The van der Waals surface area contributed by atoms with Crippen LogP contribution in [0.15, 0.2) is 11.3 Å². The number of ketones is 1. The van der Waals surface area contributed by atoms with Crippen LogP contribution in [-0.4, -0.2) is 52.3 Å². The molecule has 6 nitrogen and oxygen atoms in total. The van der Waals surface area contributed by atoms with Gasteiger partial charge in [0, 0.05) is 37.3 Å². The molecule has 3 rings (SSSR count). The molecule has 6 heteroatoms. The summed E-state index contributed by atoms with van der Waals surface area (Å²) in [6, 6.07) is 0. The lowest BCUT2D eigenvalue weighted by atomic mass is 9.71. The summed E-state index contributed by atoms with van der Waals surface area (Å²) in [7, 11) is 0. The first-order chi connectivity index (χ1) is 10.4. The van der Waals surface area contributed by atoms with Crippen LogP contribution in [0.2, 0.25) is 0 Å². The Bertz CT molecular complexity index is 558. The number of carboxylic acid groups (broad SMARTS) is 1. The number of likely N-dealkylation sites (tertiary alicyclic amines) is 2. The summed E-state index contributed by atoms with van der Waals surface area (Å²) in [5.41, 5.74) is 1.20. The van der Waals surface area contributed by atoms with Gasteiger partial charge in [-0.15, -0.1) is 0 Å². The lowest BCUT2D eigenvalue weighted by Gasteiger charge is -2.46. The van der Waals surface area contributed by atoms with Crippen LogP contribution in [0.3, 0.4) is 0 Å². The van der Waals surface area contributed by atoms with E-state index in [0.717, 1.165) is 24.1 Å². The van der Waals surface area contributed by atoms with E-state index < -0.39 is 11.5 Å². The van der Waals surface area contributed by atoms with Gasteiger partial charge in [0.1, 0.15) is 0 Å². The van der Waals surface area contributed by atoms with Crippen LogP contribution >= 0.6 is 0 Å². The second kappa shape index (κ2) is 5.41. The standard InChI is InChI=1S/C16H22N2O4/c1-11-12(3-4-13(11)19)18-8-2-5-16(14(18)20)6-9-17(10-7-16)15(21)22/h2-10H2,1H3,(H,21,22). The Morgan fingerprint density at radius 2 is 1.77 bits per heavy atom. The fourth-order valence-corrected chi connectivity index (χ4v) is 4.02. The molecule has 0 radical (unpaired) electrons. The summed E-state index contributed by atoms with van der Waals surface area (Å²) in [5.74, 6) is 0.246. The van der Waals surface area contributed by atoms with Crippen LogP contribution in [0.1, 0.15) is 45.4 Å². The zero-order valence-corrected chi connectivity index (χ0v) is 12.9. The predicted octanol–water partition coefficient (Wildman–Crippen LogP) is 2.01. The fourth-order valence-electron chi connectivity index (χ4n) is 4.02. The monoisotopic (exact) mass is 306 g/mol. The first-order valence-corrected chi connectivity index (χ1v) is 7.97. The number of nitrogens with zero attached hydrogens (tertiary/aromatic N) is 2. The Balaban J connectivity index is 1.79. The van der Waals surface area contributed by atoms with E-state index in [2.05, 4.69) is 0 Å². The Labute approximate surface area is 129 Å². The molecule has 0 atom stereocenters. The van der Waals surface area contributed by atoms with E-state index in [1.54, 1.807) is 0 Å². The highest BCUT2D eigenvalue weighted by atomic mass is 16.4. The Morgan fingerprint density at radius 3 is 2.32 bits per heavy atom. The molecule has 1 N–H and O–H groups in total. The maximum absolute atomic E-state index is 13.0. The molecule has 0 bridgehead atoms. The Kier molecular flexibility index (Phi) is 3.70. The molecule has 2 saturated heterocycles. The zero-order valence-electron chi connectivity index (χ0n) is 12.9. The van der Waals surface area contributed by atoms with E-state index in [9.17, 15) is 14.4 Å². The predicted molar refractivity (Wildman–Crippen MR) is 79.2 cm³/mol. The van der Waals surface area contributed by atoms with Gasteiger partial charge < -0.3 is 14.9 Å². The molecular weight excluding hydrogens is 284 g/mol. The number of amides is 2. The van der Waals surface area contributed by atoms with Gasteiger partial charge in [-0.1, -0.05) is 0 Å². The quantitative estimate of drug-likeness (QED) is 0.804. The summed E-state index contributed by atoms with van der Waals surface area (Å²) in [6.07, 6.45) is 3.19. The van der Waals surface area contributed by atoms with Crippen molar-refractivity contribution in [1.82, 2.24) is 9.80 Å². The smallest absolute Gasteiger partial charge is 0.407 e. The highest BCUT2D eigenvalue weighted by Gasteiger charge is 2.47. The Morgan fingerprint density at radius 1 is 1.09 bits per heavy atom. The maximum Gasteiger partial charge on any atom is 0.407 e. The van der Waals surface area contributed by atoms with E-state index in [4.69, 9.17) is 5.11 Å². The largest absolute Gasteiger partial charge is 0.465 e. The SMILES string of the molecule is CC1=C(N2CCCC3(CCN(C(=O)O)CC3)C2=O)CCC1=O. The summed E-state index contributed by atoms with van der Waals surface area (Å²) in [6.45, 7) is 3.34. The zero-order chi connectivity index (χ0) is 15.9. The third kappa shape index (κ3) is 2.30. The van der Waals surface area contributed by atoms with Crippen LogP contribution in [0.5, 0.6) is 0 Å². The molecule has 1 aliphatic carbocycles. The van der Waals surface area contributed by atoms with Gasteiger partial charge >= 0.3 is 6.09 Å². The van der Waals surface area contributed by atoms with E-state index in [1.165, 1.54) is 4.90 Å². The molecule has 0 aromatic heterocycles. The third-order valence-corrected chi connectivity index (χ3v) is 5.49. The van der Waals surface area contributed by atoms with Gasteiger partial charge in [-0.05, 0) is 39.0 Å². The molecule has 120 valence electrons. The number of hydrogen-bond donors (Lipinski definition) is 1.